The van der Waals surface area contributed by atoms with Gasteiger partial charge in [0, 0.05) is 42.0 Å². The molecule has 6 heteroatoms. The van der Waals surface area contributed by atoms with Crippen molar-refractivity contribution >= 4 is 17.7 Å². The molecule has 0 saturated heterocycles. The summed E-state index contributed by atoms with van der Waals surface area (Å²) in [7, 11) is 3.42. The van der Waals surface area contributed by atoms with Gasteiger partial charge in [-0.05, 0) is 30.5 Å². The van der Waals surface area contributed by atoms with Gasteiger partial charge in [0.15, 0.2) is 5.96 Å². The molecule has 1 heterocycles. The summed E-state index contributed by atoms with van der Waals surface area (Å²) < 4.78 is 5.37. The Hall–Kier alpha value is -2.21. The highest BCUT2D eigenvalue weighted by molar-refractivity contribution is 8.01. The molecule has 5 nitrogen and oxygen atoms in total. The molecular formula is C19H24N4OS. The van der Waals surface area contributed by atoms with Gasteiger partial charge in [-0.2, -0.15) is 0 Å². The molecule has 25 heavy (non-hydrogen) atoms. The molecule has 0 aliphatic heterocycles. The van der Waals surface area contributed by atoms with Crippen LogP contribution >= 0.6 is 11.8 Å². The highest BCUT2D eigenvalue weighted by Gasteiger charge is 2.43. The van der Waals surface area contributed by atoms with Crippen LogP contribution in [0.5, 0.6) is 5.88 Å². The number of rotatable bonds is 7. The average Bonchev–Trinajstić information content (AvgIpc) is 3.42. The smallest absolute Gasteiger partial charge is 0.212 e. The van der Waals surface area contributed by atoms with E-state index in [2.05, 4.69) is 50.9 Å². The topological polar surface area (TPSA) is 58.5 Å². The van der Waals surface area contributed by atoms with Gasteiger partial charge in [-0.25, -0.2) is 4.98 Å². The van der Waals surface area contributed by atoms with Crippen molar-refractivity contribution in [2.75, 3.05) is 20.7 Å². The van der Waals surface area contributed by atoms with Crippen LogP contribution in [0.3, 0.4) is 0 Å². The van der Waals surface area contributed by atoms with Crippen molar-refractivity contribution in [2.45, 2.75) is 29.0 Å². The van der Waals surface area contributed by atoms with E-state index in [-0.39, 0.29) is 0 Å². The summed E-state index contributed by atoms with van der Waals surface area (Å²) in [6.07, 6.45) is 4.28. The van der Waals surface area contributed by atoms with Crippen LogP contribution in [0.25, 0.3) is 0 Å². The summed E-state index contributed by atoms with van der Waals surface area (Å²) >= 11 is 1.96. The Kier molecular flexibility index (Phi) is 5.81. The van der Waals surface area contributed by atoms with Gasteiger partial charge < -0.3 is 15.4 Å². The van der Waals surface area contributed by atoms with Crippen LogP contribution in [-0.4, -0.2) is 36.4 Å². The number of hydrogen-bond acceptors (Lipinski definition) is 4. The van der Waals surface area contributed by atoms with Crippen molar-refractivity contribution in [3.8, 4) is 5.88 Å². The highest BCUT2D eigenvalue weighted by Crippen LogP contribution is 2.51. The summed E-state index contributed by atoms with van der Waals surface area (Å²) in [5, 5.41) is 6.79. The first-order chi connectivity index (χ1) is 12.2. The van der Waals surface area contributed by atoms with E-state index in [0.717, 1.165) is 18.1 Å². The maximum Gasteiger partial charge on any atom is 0.212 e. The van der Waals surface area contributed by atoms with Crippen molar-refractivity contribution in [1.29, 1.82) is 0 Å². The van der Waals surface area contributed by atoms with Crippen molar-refractivity contribution < 1.29 is 4.74 Å². The molecule has 0 spiro atoms. The predicted molar refractivity (Wildman–Crippen MR) is 103 cm³/mol. The number of pyridine rings is 1. The fourth-order valence-corrected chi connectivity index (χ4v) is 3.72. The monoisotopic (exact) mass is 356 g/mol. The molecule has 3 rings (SSSR count). The third-order valence-corrected chi connectivity index (χ3v) is 5.65. The molecule has 2 aromatic rings. The number of hydrogen-bond donors (Lipinski definition) is 2. The Morgan fingerprint density at radius 1 is 1.20 bits per heavy atom. The lowest BCUT2D eigenvalue weighted by atomic mass is 10.3. The van der Waals surface area contributed by atoms with Gasteiger partial charge in [-0.3, -0.25) is 4.99 Å². The number of ether oxygens (including phenoxy) is 1. The zero-order chi connectivity index (χ0) is 17.5. The first kappa shape index (κ1) is 17.6. The molecule has 132 valence electrons. The lowest BCUT2D eigenvalue weighted by Gasteiger charge is -2.18. The maximum atomic E-state index is 5.08. The van der Waals surface area contributed by atoms with Crippen molar-refractivity contribution in [1.82, 2.24) is 15.6 Å². The zero-order valence-electron chi connectivity index (χ0n) is 14.7. The summed E-state index contributed by atoms with van der Waals surface area (Å²) in [5.74, 6) is 1.44. The van der Waals surface area contributed by atoms with Crippen LogP contribution in [0.1, 0.15) is 18.4 Å². The van der Waals surface area contributed by atoms with Crippen molar-refractivity contribution in [3.05, 3.63) is 54.2 Å². The zero-order valence-corrected chi connectivity index (χ0v) is 15.5. The number of nitrogens with zero attached hydrogens (tertiary/aromatic N) is 2. The fraction of sp³-hybridized carbons (Fsp3) is 0.368. The van der Waals surface area contributed by atoms with Crippen LogP contribution < -0.4 is 15.4 Å². The number of thioether (sulfide) groups is 1. The molecule has 1 fully saturated rings. The molecule has 0 amide bonds. The molecule has 0 radical (unpaired) electrons. The largest absolute Gasteiger partial charge is 0.481 e. The van der Waals surface area contributed by atoms with Gasteiger partial charge in [0.2, 0.25) is 5.88 Å². The predicted octanol–water partition coefficient (Wildman–Crippen LogP) is 3.08. The summed E-state index contributed by atoms with van der Waals surface area (Å²) in [6, 6.07) is 14.5. The van der Waals surface area contributed by atoms with Crippen LogP contribution in [0.2, 0.25) is 0 Å². The lowest BCUT2D eigenvalue weighted by molar-refractivity contribution is 0.397. The second-order valence-electron chi connectivity index (χ2n) is 6.09. The van der Waals surface area contributed by atoms with E-state index in [1.165, 1.54) is 17.7 Å². The van der Waals surface area contributed by atoms with E-state index in [1.807, 2.05) is 30.1 Å². The van der Waals surface area contributed by atoms with E-state index in [4.69, 9.17) is 4.74 Å². The van der Waals surface area contributed by atoms with Gasteiger partial charge in [0.05, 0.1) is 7.11 Å². The average molecular weight is 356 g/mol. The van der Waals surface area contributed by atoms with E-state index in [9.17, 15) is 0 Å². The quantitative estimate of drug-likeness (QED) is 0.590. The molecule has 1 aliphatic carbocycles. The SMILES string of the molecule is CN=C(NCc1ccc(OC)nc1)NCC1(Sc2ccccc2)CC1. The highest BCUT2D eigenvalue weighted by atomic mass is 32.2. The van der Waals surface area contributed by atoms with Gasteiger partial charge in [-0.15, -0.1) is 11.8 Å². The summed E-state index contributed by atoms with van der Waals surface area (Å²) in [5.41, 5.74) is 1.09. The molecule has 1 saturated carbocycles. The number of guanidine groups is 1. The lowest BCUT2D eigenvalue weighted by Crippen LogP contribution is -2.40. The Morgan fingerprint density at radius 2 is 2.00 bits per heavy atom. The standard InChI is InChI=1S/C19H24N4OS/c1-20-18(22-13-15-8-9-17(24-2)21-12-15)23-14-19(10-11-19)25-16-6-4-3-5-7-16/h3-9,12H,10-11,13-14H2,1-2H3,(H2,20,22,23). The molecular weight excluding hydrogens is 332 g/mol. The molecule has 0 atom stereocenters. The van der Waals surface area contributed by atoms with Crippen LogP contribution in [-0.2, 0) is 6.54 Å². The minimum absolute atomic E-state index is 0.292. The van der Waals surface area contributed by atoms with Crippen LogP contribution in [0.15, 0.2) is 58.5 Å². The first-order valence-electron chi connectivity index (χ1n) is 8.40. The summed E-state index contributed by atoms with van der Waals surface area (Å²) in [6.45, 7) is 1.59. The Morgan fingerprint density at radius 3 is 2.60 bits per heavy atom. The van der Waals surface area contributed by atoms with Crippen molar-refractivity contribution in [2.24, 2.45) is 4.99 Å². The number of aliphatic imine (C=N–C) groups is 1. The normalized spacial score (nSPS) is 15.5. The molecule has 1 aliphatic rings. The van der Waals surface area contributed by atoms with Crippen molar-refractivity contribution in [3.63, 3.8) is 0 Å². The Bertz CT molecular complexity index is 699. The Balaban J connectivity index is 1.47. The van der Waals surface area contributed by atoms with E-state index < -0.39 is 0 Å². The van der Waals surface area contributed by atoms with E-state index in [1.54, 1.807) is 14.2 Å². The fourth-order valence-electron chi connectivity index (χ4n) is 2.48. The minimum Gasteiger partial charge on any atom is -0.481 e. The van der Waals surface area contributed by atoms with Gasteiger partial charge in [0.25, 0.3) is 0 Å². The van der Waals surface area contributed by atoms with Gasteiger partial charge in [0.1, 0.15) is 0 Å². The molecule has 1 aromatic carbocycles. The molecule has 0 bridgehead atoms. The molecule has 0 unspecified atom stereocenters. The minimum atomic E-state index is 0.292. The number of aromatic nitrogens is 1. The third-order valence-electron chi connectivity index (χ3n) is 4.15. The third kappa shape index (κ3) is 5.13. The first-order valence-corrected chi connectivity index (χ1v) is 9.22. The summed E-state index contributed by atoms with van der Waals surface area (Å²) in [4.78, 5) is 9.86. The molecule has 1 aromatic heterocycles. The number of methoxy groups -OCH3 is 1. The van der Waals surface area contributed by atoms with Crippen LogP contribution in [0, 0.1) is 0 Å². The second-order valence-corrected chi connectivity index (χ2v) is 7.63. The van der Waals surface area contributed by atoms with Gasteiger partial charge >= 0.3 is 0 Å². The Labute approximate surface area is 153 Å². The maximum absolute atomic E-state index is 5.08. The molecule has 2 N–H and O–H groups in total. The number of benzene rings is 1. The van der Waals surface area contributed by atoms with E-state index in [0.29, 0.717) is 17.2 Å². The van der Waals surface area contributed by atoms with Crippen LogP contribution in [0.4, 0.5) is 0 Å². The second kappa shape index (κ2) is 8.25. The van der Waals surface area contributed by atoms with Gasteiger partial charge in [-0.1, -0.05) is 24.3 Å². The number of nitrogens with one attached hydrogen (secondary N) is 2. The van der Waals surface area contributed by atoms with E-state index >= 15 is 0 Å².